The van der Waals surface area contributed by atoms with Gasteiger partial charge in [0.05, 0.1) is 11.1 Å². The third-order valence-corrected chi connectivity index (χ3v) is 4.75. The second-order valence-corrected chi connectivity index (χ2v) is 6.50. The average molecular weight is 306 g/mol. The third-order valence-electron chi connectivity index (χ3n) is 3.04. The van der Waals surface area contributed by atoms with Crippen molar-refractivity contribution in [2.24, 2.45) is 0 Å². The van der Waals surface area contributed by atoms with Crippen LogP contribution in [0.15, 0.2) is 23.1 Å². The van der Waals surface area contributed by atoms with Crippen LogP contribution in [0.2, 0.25) is 10.0 Å². The van der Waals surface area contributed by atoms with E-state index in [1.807, 2.05) is 12.1 Å². The fraction of sp³-hybridized carbons (Fsp3) is 0.538. The van der Waals surface area contributed by atoms with Crippen LogP contribution in [0.25, 0.3) is 0 Å². The van der Waals surface area contributed by atoms with Gasteiger partial charge in [0.15, 0.2) is 0 Å². The summed E-state index contributed by atoms with van der Waals surface area (Å²) in [5.41, 5.74) is 0. The average Bonchev–Trinajstić information content (AvgIpc) is 2.34. The van der Waals surface area contributed by atoms with E-state index in [9.17, 15) is 5.11 Å². The Morgan fingerprint density at radius 1 is 1.39 bits per heavy atom. The number of halogens is 2. The van der Waals surface area contributed by atoms with E-state index in [0.29, 0.717) is 0 Å². The van der Waals surface area contributed by atoms with Gasteiger partial charge >= 0.3 is 0 Å². The molecular weight excluding hydrogens is 289 g/mol. The molecule has 0 aromatic heterocycles. The van der Waals surface area contributed by atoms with Crippen molar-refractivity contribution in [2.75, 3.05) is 25.4 Å². The summed E-state index contributed by atoms with van der Waals surface area (Å²) < 4.78 is 0. The largest absolute Gasteiger partial charge is 0.392 e. The number of aliphatic hydroxyl groups excluding tert-OH is 1. The molecule has 5 heteroatoms. The van der Waals surface area contributed by atoms with Crippen LogP contribution in [0.3, 0.4) is 0 Å². The standard InChI is InChI=1S/C13H17Cl2NOS/c14-10-3-4-12(15)13(8-10)18-7-6-16-5-1-2-11(17)9-16/h3-4,8,11,17H,1-2,5-7,9H2. The van der Waals surface area contributed by atoms with Gasteiger partial charge in [0.2, 0.25) is 0 Å². The van der Waals surface area contributed by atoms with Gasteiger partial charge in [-0.05, 0) is 37.6 Å². The smallest absolute Gasteiger partial charge is 0.0667 e. The molecule has 0 saturated carbocycles. The molecule has 100 valence electrons. The third kappa shape index (κ3) is 4.32. The van der Waals surface area contributed by atoms with E-state index in [4.69, 9.17) is 23.2 Å². The lowest BCUT2D eigenvalue weighted by molar-refractivity contribution is 0.0743. The van der Waals surface area contributed by atoms with Crippen LogP contribution in [-0.2, 0) is 0 Å². The highest BCUT2D eigenvalue weighted by Gasteiger charge is 2.17. The maximum absolute atomic E-state index is 9.59. The topological polar surface area (TPSA) is 23.5 Å². The quantitative estimate of drug-likeness (QED) is 0.861. The lowest BCUT2D eigenvalue weighted by Crippen LogP contribution is -2.39. The Kier molecular flexibility index (Phi) is 5.64. The summed E-state index contributed by atoms with van der Waals surface area (Å²) in [5.74, 6) is 0.965. The fourth-order valence-electron chi connectivity index (χ4n) is 2.11. The lowest BCUT2D eigenvalue weighted by atomic mass is 10.1. The van der Waals surface area contributed by atoms with Gasteiger partial charge in [-0.2, -0.15) is 0 Å². The summed E-state index contributed by atoms with van der Waals surface area (Å²) in [4.78, 5) is 3.33. The molecule has 1 aliphatic rings. The van der Waals surface area contributed by atoms with Crippen LogP contribution in [0, 0.1) is 0 Å². The minimum atomic E-state index is -0.154. The van der Waals surface area contributed by atoms with Crippen LogP contribution in [0.1, 0.15) is 12.8 Å². The zero-order chi connectivity index (χ0) is 13.0. The van der Waals surface area contributed by atoms with Gasteiger partial charge in [-0.1, -0.05) is 23.2 Å². The molecule has 0 spiro atoms. The number of hydrogen-bond acceptors (Lipinski definition) is 3. The molecule has 1 aliphatic heterocycles. The van der Waals surface area contributed by atoms with Gasteiger partial charge in [0.1, 0.15) is 0 Å². The first-order valence-corrected chi connectivity index (χ1v) is 7.87. The molecule has 0 radical (unpaired) electrons. The predicted molar refractivity (Wildman–Crippen MR) is 78.9 cm³/mol. The monoisotopic (exact) mass is 305 g/mol. The van der Waals surface area contributed by atoms with E-state index >= 15 is 0 Å². The van der Waals surface area contributed by atoms with Crippen LogP contribution in [-0.4, -0.2) is 41.5 Å². The molecular formula is C13H17Cl2NOS. The number of benzene rings is 1. The van der Waals surface area contributed by atoms with Crippen LogP contribution < -0.4 is 0 Å². The second-order valence-electron chi connectivity index (χ2n) is 4.52. The zero-order valence-electron chi connectivity index (χ0n) is 10.1. The molecule has 1 aromatic rings. The van der Waals surface area contributed by atoms with Crippen molar-refractivity contribution in [3.63, 3.8) is 0 Å². The van der Waals surface area contributed by atoms with Gasteiger partial charge in [0.25, 0.3) is 0 Å². The van der Waals surface area contributed by atoms with Crippen LogP contribution in [0.5, 0.6) is 0 Å². The SMILES string of the molecule is OC1CCCN(CCSc2cc(Cl)ccc2Cl)C1. The van der Waals surface area contributed by atoms with Crippen molar-refractivity contribution in [1.82, 2.24) is 4.90 Å². The van der Waals surface area contributed by atoms with Crippen molar-refractivity contribution in [3.05, 3.63) is 28.2 Å². The fourth-order valence-corrected chi connectivity index (χ4v) is 3.61. The summed E-state index contributed by atoms with van der Waals surface area (Å²) in [5, 5.41) is 11.1. The van der Waals surface area contributed by atoms with E-state index in [1.54, 1.807) is 17.8 Å². The van der Waals surface area contributed by atoms with E-state index in [0.717, 1.165) is 53.2 Å². The Hall–Kier alpha value is 0.0700. The van der Waals surface area contributed by atoms with Crippen molar-refractivity contribution in [1.29, 1.82) is 0 Å². The molecule has 1 fully saturated rings. The number of likely N-dealkylation sites (tertiary alicyclic amines) is 1. The molecule has 0 aliphatic carbocycles. The van der Waals surface area contributed by atoms with Gasteiger partial charge in [-0.25, -0.2) is 0 Å². The number of piperidine rings is 1. The lowest BCUT2D eigenvalue weighted by Gasteiger charge is -2.29. The van der Waals surface area contributed by atoms with Gasteiger partial charge in [-0.15, -0.1) is 11.8 Å². The first-order valence-electron chi connectivity index (χ1n) is 6.13. The minimum Gasteiger partial charge on any atom is -0.392 e. The summed E-state index contributed by atoms with van der Waals surface area (Å²) in [6.45, 7) is 2.86. The molecule has 0 amide bonds. The first-order chi connectivity index (χ1) is 8.65. The number of thioether (sulfide) groups is 1. The number of hydrogen-bond donors (Lipinski definition) is 1. The van der Waals surface area contributed by atoms with E-state index in [1.165, 1.54) is 0 Å². The van der Waals surface area contributed by atoms with E-state index in [-0.39, 0.29) is 6.10 Å². The number of rotatable bonds is 4. The minimum absolute atomic E-state index is 0.154. The Labute approximate surface area is 122 Å². The van der Waals surface area contributed by atoms with Gasteiger partial charge < -0.3 is 5.11 Å². The summed E-state index contributed by atoms with van der Waals surface area (Å²) in [7, 11) is 0. The van der Waals surface area contributed by atoms with Crippen molar-refractivity contribution >= 4 is 35.0 Å². The predicted octanol–water partition coefficient (Wildman–Crippen LogP) is 3.54. The van der Waals surface area contributed by atoms with Crippen molar-refractivity contribution < 1.29 is 5.11 Å². The molecule has 2 rings (SSSR count). The first kappa shape index (κ1) is 14.5. The highest BCUT2D eigenvalue weighted by atomic mass is 35.5. The molecule has 1 atom stereocenters. The van der Waals surface area contributed by atoms with Gasteiger partial charge in [0, 0.05) is 28.8 Å². The molecule has 0 bridgehead atoms. The number of β-amino-alcohol motifs (C(OH)–C–C–N with tert-alkyl or cyclic N) is 1. The Morgan fingerprint density at radius 2 is 2.22 bits per heavy atom. The Balaban J connectivity index is 1.79. The van der Waals surface area contributed by atoms with Crippen LogP contribution in [0.4, 0.5) is 0 Å². The Morgan fingerprint density at radius 3 is 3.00 bits per heavy atom. The highest BCUT2D eigenvalue weighted by Crippen LogP contribution is 2.29. The molecule has 1 N–H and O–H groups in total. The molecule has 1 saturated heterocycles. The van der Waals surface area contributed by atoms with E-state index in [2.05, 4.69) is 4.90 Å². The van der Waals surface area contributed by atoms with Crippen molar-refractivity contribution in [2.45, 2.75) is 23.8 Å². The molecule has 1 unspecified atom stereocenters. The zero-order valence-corrected chi connectivity index (χ0v) is 12.4. The summed E-state index contributed by atoms with van der Waals surface area (Å²) >= 11 is 13.8. The number of nitrogens with zero attached hydrogens (tertiary/aromatic N) is 1. The van der Waals surface area contributed by atoms with Gasteiger partial charge in [-0.3, -0.25) is 4.90 Å². The molecule has 1 heterocycles. The maximum Gasteiger partial charge on any atom is 0.0667 e. The highest BCUT2D eigenvalue weighted by molar-refractivity contribution is 7.99. The second kappa shape index (κ2) is 7.01. The van der Waals surface area contributed by atoms with Crippen LogP contribution >= 0.6 is 35.0 Å². The van der Waals surface area contributed by atoms with E-state index < -0.39 is 0 Å². The van der Waals surface area contributed by atoms with Crippen molar-refractivity contribution in [3.8, 4) is 0 Å². The molecule has 2 nitrogen and oxygen atoms in total. The number of aliphatic hydroxyl groups is 1. The summed E-state index contributed by atoms with van der Waals surface area (Å²) in [6, 6.07) is 5.53. The molecule has 18 heavy (non-hydrogen) atoms. The summed E-state index contributed by atoms with van der Waals surface area (Å²) in [6.07, 6.45) is 1.87. The normalized spacial score (nSPS) is 21.2. The molecule has 1 aromatic carbocycles. The Bertz CT molecular complexity index is 403. The maximum atomic E-state index is 9.59.